The van der Waals surface area contributed by atoms with Gasteiger partial charge in [-0.05, 0) is 97.3 Å². The summed E-state index contributed by atoms with van der Waals surface area (Å²) >= 11 is 1.86. The Hall–Kier alpha value is -6.61. The van der Waals surface area contributed by atoms with Crippen LogP contribution in [0.3, 0.4) is 0 Å². The van der Waals surface area contributed by atoms with E-state index < -0.39 is 0 Å². The van der Waals surface area contributed by atoms with E-state index in [1.165, 1.54) is 64.3 Å². The Labute approximate surface area is 314 Å². The molecule has 0 saturated heterocycles. The van der Waals surface area contributed by atoms with Gasteiger partial charge in [-0.15, -0.1) is 11.3 Å². The van der Waals surface area contributed by atoms with Crippen molar-refractivity contribution in [1.82, 2.24) is 0 Å². The Balaban J connectivity index is 0.993. The highest BCUT2D eigenvalue weighted by molar-refractivity contribution is 7.25. The second kappa shape index (κ2) is 14.6. The van der Waals surface area contributed by atoms with E-state index >= 15 is 0 Å². The SMILES string of the molecule is C(/C=C(\C=C/c1ccc(-c2cc3sc4ccccc4c3cc2-c2ccccc2)cc1)c1ccccc1)=Nc1ccc(-c2cccc3ccccc23)cc1. The molecule has 0 unspecified atom stereocenters. The smallest absolute Gasteiger partial charge is 0.0630 e. The lowest BCUT2D eigenvalue weighted by atomic mass is 9.92. The molecule has 1 nitrogen and oxygen atoms in total. The van der Waals surface area contributed by atoms with Crippen LogP contribution in [-0.4, -0.2) is 6.21 Å². The summed E-state index contributed by atoms with van der Waals surface area (Å²) in [5, 5.41) is 5.14. The predicted molar refractivity (Wildman–Crippen MR) is 231 cm³/mol. The molecule has 0 fully saturated rings. The Kier molecular flexibility index (Phi) is 8.87. The van der Waals surface area contributed by atoms with Gasteiger partial charge in [0.1, 0.15) is 0 Å². The zero-order valence-electron chi connectivity index (χ0n) is 29.1. The molecule has 0 radical (unpaired) electrons. The number of hydrogen-bond donors (Lipinski definition) is 0. The third kappa shape index (κ3) is 6.77. The summed E-state index contributed by atoms with van der Waals surface area (Å²) in [4.78, 5) is 4.80. The lowest BCUT2D eigenvalue weighted by molar-refractivity contribution is 1.53. The maximum Gasteiger partial charge on any atom is 0.0630 e. The fraction of sp³-hybridized carbons (Fsp3) is 0. The van der Waals surface area contributed by atoms with Gasteiger partial charge < -0.3 is 0 Å². The van der Waals surface area contributed by atoms with E-state index in [1.807, 2.05) is 17.6 Å². The molecule has 0 amide bonds. The first-order chi connectivity index (χ1) is 26.3. The number of thiophene rings is 1. The Morgan fingerprint density at radius 1 is 0.453 bits per heavy atom. The molecule has 0 bridgehead atoms. The molecule has 0 aliphatic rings. The van der Waals surface area contributed by atoms with Crippen molar-refractivity contribution in [1.29, 1.82) is 0 Å². The number of benzene rings is 8. The second-order valence-electron chi connectivity index (χ2n) is 13.2. The van der Waals surface area contributed by atoms with Crippen LogP contribution in [0.2, 0.25) is 0 Å². The molecule has 0 aliphatic carbocycles. The van der Waals surface area contributed by atoms with Crippen molar-refractivity contribution in [2.75, 3.05) is 0 Å². The zero-order valence-corrected chi connectivity index (χ0v) is 29.9. The minimum atomic E-state index is 0.918. The van der Waals surface area contributed by atoms with E-state index in [0.717, 1.165) is 22.4 Å². The lowest BCUT2D eigenvalue weighted by Gasteiger charge is -2.12. The van der Waals surface area contributed by atoms with E-state index in [2.05, 4.69) is 206 Å². The Bertz CT molecular complexity index is 2780. The fourth-order valence-electron chi connectivity index (χ4n) is 7.11. The van der Waals surface area contributed by atoms with Crippen molar-refractivity contribution in [3.05, 3.63) is 211 Å². The van der Waals surface area contributed by atoms with Crippen LogP contribution in [0.25, 0.3) is 76.0 Å². The van der Waals surface area contributed by atoms with Crippen LogP contribution in [0.1, 0.15) is 11.1 Å². The molecular formula is C51H35NS. The van der Waals surface area contributed by atoms with E-state index in [-0.39, 0.29) is 0 Å². The van der Waals surface area contributed by atoms with E-state index in [0.29, 0.717) is 0 Å². The molecule has 2 heteroatoms. The molecule has 1 heterocycles. The molecule has 9 rings (SSSR count). The van der Waals surface area contributed by atoms with E-state index in [1.54, 1.807) is 0 Å². The standard InChI is InChI=1S/C51H35NS/c1-3-12-37(13-4-1)38(32-33-52-43-30-28-41(29-31-43)45-20-11-17-39-16-7-8-18-44(39)45)25-22-36-23-26-42(27-24-36)48-35-51-49(46-19-9-10-21-50(46)53-51)34-47(48)40-14-5-2-6-15-40/h1-35H/b25-22-,38-32+,52-33?. The molecule has 0 spiro atoms. The van der Waals surface area contributed by atoms with Crippen molar-refractivity contribution in [2.45, 2.75) is 0 Å². The number of fused-ring (bicyclic) bond motifs is 4. The number of allylic oxidation sites excluding steroid dienone is 3. The van der Waals surface area contributed by atoms with Crippen LogP contribution >= 0.6 is 11.3 Å². The molecular weight excluding hydrogens is 659 g/mol. The second-order valence-corrected chi connectivity index (χ2v) is 14.2. The van der Waals surface area contributed by atoms with Gasteiger partial charge in [-0.1, -0.05) is 170 Å². The van der Waals surface area contributed by atoms with Gasteiger partial charge in [0.05, 0.1) is 5.69 Å². The average Bonchev–Trinajstić information content (AvgIpc) is 3.60. The molecule has 0 N–H and O–H groups in total. The van der Waals surface area contributed by atoms with Crippen molar-refractivity contribution >= 4 is 65.8 Å². The van der Waals surface area contributed by atoms with Crippen LogP contribution in [0.5, 0.6) is 0 Å². The van der Waals surface area contributed by atoms with Crippen LogP contribution < -0.4 is 0 Å². The lowest BCUT2D eigenvalue weighted by Crippen LogP contribution is -1.86. The Morgan fingerprint density at radius 3 is 1.89 bits per heavy atom. The maximum absolute atomic E-state index is 4.80. The average molecular weight is 694 g/mol. The van der Waals surface area contributed by atoms with E-state index in [4.69, 9.17) is 4.99 Å². The molecule has 250 valence electrons. The highest BCUT2D eigenvalue weighted by Gasteiger charge is 2.13. The van der Waals surface area contributed by atoms with Crippen LogP contribution in [0, 0.1) is 0 Å². The maximum atomic E-state index is 4.80. The van der Waals surface area contributed by atoms with Gasteiger partial charge >= 0.3 is 0 Å². The summed E-state index contributed by atoms with van der Waals surface area (Å²) < 4.78 is 2.63. The number of aliphatic imine (C=N–C) groups is 1. The van der Waals surface area contributed by atoms with Gasteiger partial charge in [0, 0.05) is 26.4 Å². The zero-order chi connectivity index (χ0) is 35.4. The van der Waals surface area contributed by atoms with Crippen LogP contribution in [-0.2, 0) is 0 Å². The summed E-state index contributed by atoms with van der Waals surface area (Å²) in [5.74, 6) is 0. The summed E-state index contributed by atoms with van der Waals surface area (Å²) in [6, 6.07) is 67.1. The van der Waals surface area contributed by atoms with Gasteiger partial charge in [0.25, 0.3) is 0 Å². The van der Waals surface area contributed by atoms with Crippen molar-refractivity contribution in [3.63, 3.8) is 0 Å². The van der Waals surface area contributed by atoms with Crippen LogP contribution in [0.15, 0.2) is 205 Å². The van der Waals surface area contributed by atoms with E-state index in [9.17, 15) is 0 Å². The van der Waals surface area contributed by atoms with Gasteiger partial charge in [-0.3, -0.25) is 4.99 Å². The Morgan fingerprint density at radius 2 is 1.08 bits per heavy atom. The summed E-state index contributed by atoms with van der Waals surface area (Å²) in [7, 11) is 0. The minimum Gasteiger partial charge on any atom is -0.257 e. The summed E-state index contributed by atoms with van der Waals surface area (Å²) in [6.45, 7) is 0. The molecule has 0 aliphatic heterocycles. The first-order valence-electron chi connectivity index (χ1n) is 17.9. The summed E-state index contributed by atoms with van der Waals surface area (Å²) in [6.07, 6.45) is 8.35. The molecule has 0 atom stereocenters. The third-order valence-electron chi connectivity index (χ3n) is 9.83. The van der Waals surface area contributed by atoms with Crippen LogP contribution in [0.4, 0.5) is 5.69 Å². The van der Waals surface area contributed by atoms with Gasteiger partial charge in [-0.25, -0.2) is 0 Å². The minimum absolute atomic E-state index is 0.918. The van der Waals surface area contributed by atoms with Crippen molar-refractivity contribution in [2.24, 2.45) is 4.99 Å². The van der Waals surface area contributed by atoms with Crippen molar-refractivity contribution in [3.8, 4) is 33.4 Å². The topological polar surface area (TPSA) is 12.4 Å². The fourth-order valence-corrected chi connectivity index (χ4v) is 8.24. The van der Waals surface area contributed by atoms with Gasteiger partial charge in [0.15, 0.2) is 0 Å². The first-order valence-corrected chi connectivity index (χ1v) is 18.8. The molecule has 53 heavy (non-hydrogen) atoms. The third-order valence-corrected chi connectivity index (χ3v) is 11.0. The van der Waals surface area contributed by atoms with Crippen molar-refractivity contribution < 1.29 is 0 Å². The number of nitrogens with zero attached hydrogens (tertiary/aromatic N) is 1. The normalized spacial score (nSPS) is 12.1. The quantitative estimate of drug-likeness (QED) is 0.111. The first kappa shape index (κ1) is 32.3. The molecule has 8 aromatic carbocycles. The molecule has 1 aromatic heterocycles. The highest BCUT2D eigenvalue weighted by Crippen LogP contribution is 2.42. The summed E-state index contributed by atoms with van der Waals surface area (Å²) in [5.41, 5.74) is 11.6. The monoisotopic (exact) mass is 693 g/mol. The van der Waals surface area contributed by atoms with Gasteiger partial charge in [0.2, 0.25) is 0 Å². The molecule has 0 saturated carbocycles. The molecule has 9 aromatic rings. The number of rotatable bonds is 8. The number of hydrogen-bond acceptors (Lipinski definition) is 2. The largest absolute Gasteiger partial charge is 0.257 e. The highest BCUT2D eigenvalue weighted by atomic mass is 32.1. The predicted octanol–water partition coefficient (Wildman–Crippen LogP) is 14.7. The van der Waals surface area contributed by atoms with Gasteiger partial charge in [-0.2, -0.15) is 0 Å².